The number of halogens is 1. The predicted octanol–water partition coefficient (Wildman–Crippen LogP) is 2.58. The lowest BCUT2D eigenvalue weighted by molar-refractivity contribution is -0.123. The highest BCUT2D eigenvalue weighted by Crippen LogP contribution is 2.27. The Labute approximate surface area is 194 Å². The summed E-state index contributed by atoms with van der Waals surface area (Å²) in [5.41, 5.74) is 3.95. The molecule has 0 radical (unpaired) electrons. The van der Waals surface area contributed by atoms with Crippen molar-refractivity contribution in [3.63, 3.8) is 0 Å². The second kappa shape index (κ2) is 8.55. The van der Waals surface area contributed by atoms with Gasteiger partial charge < -0.3 is 4.90 Å². The average Bonchev–Trinajstić information content (AvgIpc) is 3.10. The molecule has 0 aromatic heterocycles. The zero-order chi connectivity index (χ0) is 22.2. The SMILES string of the molecule is O=C1CCN(N2Cc3cc(CN4CCN(c5ccc(Br)cc5)CC4)ccc3C2=O)C(=O)N1. The van der Waals surface area contributed by atoms with E-state index in [9.17, 15) is 14.4 Å². The molecule has 1 N–H and O–H groups in total. The van der Waals surface area contributed by atoms with Gasteiger partial charge in [-0.1, -0.05) is 28.1 Å². The zero-order valence-electron chi connectivity index (χ0n) is 17.6. The molecule has 2 aromatic rings. The molecule has 2 aromatic carbocycles. The smallest absolute Gasteiger partial charge is 0.342 e. The first kappa shape index (κ1) is 21.0. The van der Waals surface area contributed by atoms with Crippen LogP contribution < -0.4 is 10.2 Å². The lowest BCUT2D eigenvalue weighted by atomic mass is 10.1. The van der Waals surface area contributed by atoms with Gasteiger partial charge in [-0.2, -0.15) is 0 Å². The van der Waals surface area contributed by atoms with Crippen molar-refractivity contribution in [3.05, 3.63) is 63.6 Å². The molecule has 0 spiro atoms. The number of amides is 4. The van der Waals surface area contributed by atoms with Gasteiger partial charge in [-0.05, 0) is 41.5 Å². The fraction of sp³-hybridized carbons (Fsp3) is 0.348. The van der Waals surface area contributed by atoms with E-state index in [2.05, 4.69) is 61.4 Å². The van der Waals surface area contributed by atoms with Gasteiger partial charge in [-0.25, -0.2) is 14.8 Å². The van der Waals surface area contributed by atoms with Gasteiger partial charge in [-0.15, -0.1) is 0 Å². The molecule has 0 atom stereocenters. The Morgan fingerprint density at radius 2 is 1.62 bits per heavy atom. The van der Waals surface area contributed by atoms with E-state index in [1.54, 1.807) is 0 Å². The Balaban J connectivity index is 1.21. The third kappa shape index (κ3) is 4.10. The first-order valence-electron chi connectivity index (χ1n) is 10.8. The minimum atomic E-state index is -0.536. The number of hydrogen-bond acceptors (Lipinski definition) is 5. The number of nitrogens with one attached hydrogen (secondary N) is 1. The number of fused-ring (bicyclic) bond motifs is 1. The molecule has 2 fully saturated rings. The van der Waals surface area contributed by atoms with Crippen LogP contribution in [0.4, 0.5) is 10.5 Å². The number of imide groups is 1. The summed E-state index contributed by atoms with van der Waals surface area (Å²) in [5.74, 6) is -0.503. The van der Waals surface area contributed by atoms with Crippen molar-refractivity contribution >= 4 is 39.5 Å². The molecule has 0 saturated carbocycles. The Morgan fingerprint density at radius 1 is 0.875 bits per heavy atom. The quantitative estimate of drug-likeness (QED) is 0.702. The highest BCUT2D eigenvalue weighted by Gasteiger charge is 2.36. The van der Waals surface area contributed by atoms with Crippen molar-refractivity contribution in [1.82, 2.24) is 20.2 Å². The monoisotopic (exact) mass is 497 g/mol. The molecule has 0 aliphatic carbocycles. The molecule has 0 bridgehead atoms. The van der Waals surface area contributed by atoms with Crippen molar-refractivity contribution < 1.29 is 14.4 Å². The van der Waals surface area contributed by atoms with E-state index in [0.717, 1.165) is 48.3 Å². The number of nitrogens with zero attached hydrogens (tertiary/aromatic N) is 4. The Bertz CT molecular complexity index is 1070. The highest BCUT2D eigenvalue weighted by atomic mass is 79.9. The maximum atomic E-state index is 12.8. The van der Waals surface area contributed by atoms with E-state index < -0.39 is 6.03 Å². The van der Waals surface area contributed by atoms with Crippen LogP contribution in [-0.4, -0.2) is 65.5 Å². The van der Waals surface area contributed by atoms with Crippen LogP contribution in [0.2, 0.25) is 0 Å². The molecule has 3 aliphatic heterocycles. The Hall–Kier alpha value is -2.91. The topological polar surface area (TPSA) is 76.2 Å². The number of carbonyl (C=O) groups excluding carboxylic acids is 3. The lowest BCUT2D eigenvalue weighted by Crippen LogP contribution is -2.56. The zero-order valence-corrected chi connectivity index (χ0v) is 19.2. The standard InChI is InChI=1S/C23H24BrN5O3/c24-18-2-4-19(5-3-18)27-11-9-26(10-12-27)14-16-1-6-20-17(13-16)15-29(22(20)31)28-8-7-21(30)25-23(28)32/h1-6,13H,7-12,14-15H2,(H,25,30,32). The van der Waals surface area contributed by atoms with Crippen LogP contribution >= 0.6 is 15.9 Å². The number of piperazine rings is 1. The molecule has 32 heavy (non-hydrogen) atoms. The first-order chi connectivity index (χ1) is 15.5. The summed E-state index contributed by atoms with van der Waals surface area (Å²) in [7, 11) is 0. The van der Waals surface area contributed by atoms with Crippen LogP contribution in [0.25, 0.3) is 0 Å². The van der Waals surface area contributed by atoms with Gasteiger partial charge in [0.15, 0.2) is 0 Å². The van der Waals surface area contributed by atoms with E-state index in [4.69, 9.17) is 0 Å². The lowest BCUT2D eigenvalue weighted by Gasteiger charge is -2.36. The predicted molar refractivity (Wildman–Crippen MR) is 123 cm³/mol. The van der Waals surface area contributed by atoms with Crippen LogP contribution in [0.5, 0.6) is 0 Å². The minimum Gasteiger partial charge on any atom is -0.369 e. The summed E-state index contributed by atoms with van der Waals surface area (Å²) in [4.78, 5) is 41.2. The molecule has 4 amide bonds. The van der Waals surface area contributed by atoms with E-state index in [0.29, 0.717) is 12.1 Å². The number of anilines is 1. The second-order valence-corrected chi connectivity index (χ2v) is 9.24. The fourth-order valence-corrected chi connectivity index (χ4v) is 4.78. The van der Waals surface area contributed by atoms with Crippen LogP contribution in [-0.2, 0) is 17.9 Å². The summed E-state index contributed by atoms with van der Waals surface area (Å²) < 4.78 is 1.09. The number of rotatable bonds is 4. The molecule has 3 heterocycles. The molecular weight excluding hydrogens is 474 g/mol. The van der Waals surface area contributed by atoms with Crippen LogP contribution in [0.3, 0.4) is 0 Å². The van der Waals surface area contributed by atoms with Gasteiger partial charge >= 0.3 is 6.03 Å². The fourth-order valence-electron chi connectivity index (χ4n) is 4.51. The number of hydrazine groups is 1. The molecular formula is C23H24BrN5O3. The molecule has 0 unspecified atom stereocenters. The van der Waals surface area contributed by atoms with Gasteiger partial charge in [0.05, 0.1) is 13.1 Å². The molecule has 8 nitrogen and oxygen atoms in total. The first-order valence-corrected chi connectivity index (χ1v) is 11.5. The Kier molecular flexibility index (Phi) is 5.60. The van der Waals surface area contributed by atoms with Gasteiger partial charge in [0.1, 0.15) is 0 Å². The minimum absolute atomic E-state index is 0.195. The summed E-state index contributed by atoms with van der Waals surface area (Å²) in [6.07, 6.45) is 0.198. The van der Waals surface area contributed by atoms with Crippen LogP contribution in [0, 0.1) is 0 Å². The maximum Gasteiger partial charge on any atom is 0.342 e. The summed E-state index contributed by atoms with van der Waals surface area (Å²) in [6, 6.07) is 13.8. The van der Waals surface area contributed by atoms with E-state index in [-0.39, 0.29) is 24.8 Å². The molecule has 2 saturated heterocycles. The van der Waals surface area contributed by atoms with Crippen molar-refractivity contribution in [2.24, 2.45) is 0 Å². The van der Waals surface area contributed by atoms with Crippen molar-refractivity contribution in [1.29, 1.82) is 0 Å². The molecule has 9 heteroatoms. The Morgan fingerprint density at radius 3 is 2.34 bits per heavy atom. The number of carbonyl (C=O) groups is 3. The van der Waals surface area contributed by atoms with Crippen LogP contribution in [0.1, 0.15) is 27.9 Å². The molecule has 5 rings (SSSR count). The summed E-state index contributed by atoms with van der Waals surface area (Å²) in [5, 5.41) is 5.05. The number of hydrogen-bond donors (Lipinski definition) is 1. The van der Waals surface area contributed by atoms with Gasteiger partial charge in [0.2, 0.25) is 5.91 Å². The maximum absolute atomic E-state index is 12.8. The molecule has 166 valence electrons. The number of benzene rings is 2. The van der Waals surface area contributed by atoms with Crippen LogP contribution in [0.15, 0.2) is 46.9 Å². The average molecular weight is 498 g/mol. The largest absolute Gasteiger partial charge is 0.369 e. The van der Waals surface area contributed by atoms with Crippen molar-refractivity contribution in [2.45, 2.75) is 19.5 Å². The van der Waals surface area contributed by atoms with E-state index >= 15 is 0 Å². The summed E-state index contributed by atoms with van der Waals surface area (Å²) in [6.45, 7) is 5.29. The van der Waals surface area contributed by atoms with Gasteiger partial charge in [-0.3, -0.25) is 19.8 Å². The third-order valence-electron chi connectivity index (χ3n) is 6.25. The number of urea groups is 1. The normalized spacial score (nSPS) is 19.4. The van der Waals surface area contributed by atoms with Crippen molar-refractivity contribution in [3.8, 4) is 0 Å². The molecule has 3 aliphatic rings. The van der Waals surface area contributed by atoms with E-state index in [1.165, 1.54) is 15.7 Å². The van der Waals surface area contributed by atoms with Gasteiger partial charge in [0.25, 0.3) is 5.91 Å². The third-order valence-corrected chi connectivity index (χ3v) is 6.78. The van der Waals surface area contributed by atoms with Gasteiger partial charge in [0, 0.05) is 54.9 Å². The second-order valence-electron chi connectivity index (χ2n) is 8.32. The highest BCUT2D eigenvalue weighted by molar-refractivity contribution is 9.10. The summed E-state index contributed by atoms with van der Waals surface area (Å²) >= 11 is 3.49. The van der Waals surface area contributed by atoms with Crippen molar-refractivity contribution in [2.75, 3.05) is 37.6 Å². The van der Waals surface area contributed by atoms with E-state index in [1.807, 2.05) is 12.1 Å².